The summed E-state index contributed by atoms with van der Waals surface area (Å²) < 4.78 is 19.3. The molecule has 1 amide bonds. The van der Waals surface area contributed by atoms with Gasteiger partial charge in [0.1, 0.15) is 12.4 Å². The van der Waals surface area contributed by atoms with Crippen LogP contribution in [-0.4, -0.2) is 36.4 Å². The van der Waals surface area contributed by atoms with E-state index in [-0.39, 0.29) is 24.3 Å². The number of aliphatic hydroxyl groups is 1. The molecule has 21 heavy (non-hydrogen) atoms. The summed E-state index contributed by atoms with van der Waals surface area (Å²) >= 11 is 0. The highest BCUT2D eigenvalue weighted by Gasteiger charge is 2.24. The molecule has 0 spiro atoms. The van der Waals surface area contributed by atoms with Crippen LogP contribution < -0.4 is 5.32 Å². The van der Waals surface area contributed by atoms with E-state index in [1.165, 1.54) is 18.2 Å². The van der Waals surface area contributed by atoms with Gasteiger partial charge in [0, 0.05) is 12.2 Å². The Labute approximate surface area is 123 Å². The molecule has 4 nitrogen and oxygen atoms in total. The summed E-state index contributed by atoms with van der Waals surface area (Å²) in [5, 5.41) is 11.4. The minimum atomic E-state index is -0.596. The van der Waals surface area contributed by atoms with Crippen LogP contribution in [0, 0.1) is 17.7 Å². The van der Waals surface area contributed by atoms with Crippen LogP contribution in [0.5, 0.6) is 0 Å². The lowest BCUT2D eigenvalue weighted by molar-refractivity contribution is 0.0710. The van der Waals surface area contributed by atoms with E-state index in [1.54, 1.807) is 0 Å². The first-order chi connectivity index (χ1) is 10.1. The normalized spacial score (nSPS) is 18.7. The zero-order valence-corrected chi connectivity index (χ0v) is 11.9. The fraction of sp³-hybridized carbons (Fsp3) is 0.438. The molecule has 5 heteroatoms. The molecule has 2 rings (SSSR count). The van der Waals surface area contributed by atoms with Crippen LogP contribution in [0.25, 0.3) is 0 Å². The molecule has 1 fully saturated rings. The molecule has 1 aliphatic rings. The number of benzene rings is 1. The van der Waals surface area contributed by atoms with Crippen molar-refractivity contribution in [2.45, 2.75) is 31.9 Å². The molecular formula is C16H18FNO3. The van der Waals surface area contributed by atoms with Gasteiger partial charge in [0.15, 0.2) is 0 Å². The van der Waals surface area contributed by atoms with Crippen LogP contribution in [0.2, 0.25) is 0 Å². The first-order valence-corrected chi connectivity index (χ1v) is 6.93. The van der Waals surface area contributed by atoms with Gasteiger partial charge in [0.2, 0.25) is 0 Å². The molecule has 0 aliphatic carbocycles. The third-order valence-electron chi connectivity index (χ3n) is 3.40. The number of amides is 1. The monoisotopic (exact) mass is 291 g/mol. The fourth-order valence-corrected chi connectivity index (χ4v) is 2.29. The number of halogens is 1. The van der Waals surface area contributed by atoms with Gasteiger partial charge in [-0.2, -0.15) is 0 Å². The van der Waals surface area contributed by atoms with E-state index in [4.69, 9.17) is 9.84 Å². The second-order valence-corrected chi connectivity index (χ2v) is 4.97. The number of hydrogen-bond donors (Lipinski definition) is 2. The number of carbonyl (C=O) groups excluding carboxylic acids is 1. The largest absolute Gasteiger partial charge is 0.384 e. The lowest BCUT2D eigenvalue weighted by Gasteiger charge is -2.20. The molecule has 0 radical (unpaired) electrons. The van der Waals surface area contributed by atoms with Crippen LogP contribution in [0.15, 0.2) is 18.2 Å². The van der Waals surface area contributed by atoms with Gasteiger partial charge in [-0.1, -0.05) is 11.8 Å². The average Bonchev–Trinajstić information content (AvgIpc) is 3.00. The van der Waals surface area contributed by atoms with Crippen molar-refractivity contribution in [3.05, 3.63) is 35.1 Å². The smallest absolute Gasteiger partial charge is 0.254 e. The lowest BCUT2D eigenvalue weighted by Crippen LogP contribution is -2.41. The summed E-state index contributed by atoms with van der Waals surface area (Å²) in [7, 11) is 0. The Bertz CT molecular complexity index is 571. The molecule has 1 aromatic rings. The van der Waals surface area contributed by atoms with E-state index in [9.17, 15) is 9.18 Å². The second kappa shape index (κ2) is 7.21. The van der Waals surface area contributed by atoms with Gasteiger partial charge in [-0.15, -0.1) is 0 Å². The van der Waals surface area contributed by atoms with Crippen LogP contribution >= 0.6 is 0 Å². The van der Waals surface area contributed by atoms with E-state index in [1.807, 2.05) is 6.92 Å². The quantitative estimate of drug-likeness (QED) is 0.829. The molecule has 0 bridgehead atoms. The number of aliphatic hydroxyl groups excluding tert-OH is 1. The van der Waals surface area contributed by atoms with Gasteiger partial charge >= 0.3 is 0 Å². The lowest BCUT2D eigenvalue weighted by atomic mass is 10.1. The summed E-state index contributed by atoms with van der Waals surface area (Å²) in [6, 6.07) is 3.88. The maximum atomic E-state index is 13.8. The Hall–Kier alpha value is -1.90. The summed E-state index contributed by atoms with van der Waals surface area (Å²) in [5.74, 6) is 4.04. The van der Waals surface area contributed by atoms with E-state index >= 15 is 0 Å². The van der Waals surface area contributed by atoms with Crippen molar-refractivity contribution >= 4 is 5.91 Å². The maximum Gasteiger partial charge on any atom is 0.254 e. The Morgan fingerprint density at radius 3 is 3.10 bits per heavy atom. The van der Waals surface area contributed by atoms with Crippen molar-refractivity contribution in [3.8, 4) is 11.8 Å². The third kappa shape index (κ3) is 4.03. The van der Waals surface area contributed by atoms with Crippen molar-refractivity contribution in [2.24, 2.45) is 0 Å². The Morgan fingerprint density at radius 1 is 1.62 bits per heavy atom. The molecule has 112 valence electrons. The molecule has 2 unspecified atom stereocenters. The summed E-state index contributed by atoms with van der Waals surface area (Å²) in [6.45, 7) is 2.27. The van der Waals surface area contributed by atoms with E-state index in [0.29, 0.717) is 12.2 Å². The maximum absolute atomic E-state index is 13.8. The van der Waals surface area contributed by atoms with Gasteiger partial charge < -0.3 is 15.2 Å². The van der Waals surface area contributed by atoms with Crippen molar-refractivity contribution in [1.82, 2.24) is 5.32 Å². The summed E-state index contributed by atoms with van der Waals surface area (Å²) in [5.41, 5.74) is 0.435. The molecule has 0 saturated carbocycles. The van der Waals surface area contributed by atoms with Gasteiger partial charge in [-0.3, -0.25) is 4.79 Å². The van der Waals surface area contributed by atoms with Crippen molar-refractivity contribution in [3.63, 3.8) is 0 Å². The fourth-order valence-electron chi connectivity index (χ4n) is 2.29. The Morgan fingerprint density at radius 2 is 2.43 bits per heavy atom. The molecular weight excluding hydrogens is 273 g/mol. The molecule has 1 aliphatic heterocycles. The summed E-state index contributed by atoms with van der Waals surface area (Å²) in [4.78, 5) is 12.2. The standard InChI is InChI=1S/C16H18FNO3/c1-11(15-5-3-9-21-15)18-16(20)13-10-12(4-2-8-19)6-7-14(13)17/h6-7,10-11,15,19H,3,5,8-9H2,1H3,(H,18,20). The molecule has 1 heterocycles. The molecule has 1 aromatic carbocycles. The topological polar surface area (TPSA) is 58.6 Å². The third-order valence-corrected chi connectivity index (χ3v) is 3.40. The minimum absolute atomic E-state index is 0.0191. The van der Waals surface area contributed by atoms with Gasteiger partial charge in [-0.25, -0.2) is 4.39 Å². The van der Waals surface area contributed by atoms with Gasteiger partial charge in [0.25, 0.3) is 5.91 Å². The van der Waals surface area contributed by atoms with Crippen LogP contribution in [0.4, 0.5) is 4.39 Å². The van der Waals surface area contributed by atoms with Gasteiger partial charge in [-0.05, 0) is 38.0 Å². The van der Waals surface area contributed by atoms with Crippen molar-refractivity contribution in [1.29, 1.82) is 0 Å². The SMILES string of the molecule is CC(NC(=O)c1cc(C#CCO)ccc1F)C1CCCO1. The highest BCUT2D eigenvalue weighted by Crippen LogP contribution is 2.16. The van der Waals surface area contributed by atoms with E-state index in [2.05, 4.69) is 17.2 Å². The highest BCUT2D eigenvalue weighted by atomic mass is 19.1. The number of nitrogens with one attached hydrogen (secondary N) is 1. The zero-order chi connectivity index (χ0) is 15.2. The van der Waals surface area contributed by atoms with Gasteiger partial charge in [0.05, 0.1) is 17.7 Å². The molecule has 2 N–H and O–H groups in total. The van der Waals surface area contributed by atoms with Crippen LogP contribution in [0.1, 0.15) is 35.7 Å². The second-order valence-electron chi connectivity index (χ2n) is 4.97. The first-order valence-electron chi connectivity index (χ1n) is 6.93. The predicted molar refractivity (Wildman–Crippen MR) is 76.3 cm³/mol. The number of ether oxygens (including phenoxy) is 1. The van der Waals surface area contributed by atoms with Crippen molar-refractivity contribution < 1.29 is 19.0 Å². The Balaban J connectivity index is 2.10. The molecule has 2 atom stereocenters. The van der Waals surface area contributed by atoms with E-state index in [0.717, 1.165) is 12.8 Å². The molecule has 0 aromatic heterocycles. The number of rotatable bonds is 3. The first kappa shape index (κ1) is 15.5. The predicted octanol–water partition coefficient (Wildman–Crippen LogP) is 1.47. The number of carbonyl (C=O) groups is 1. The Kier molecular flexibility index (Phi) is 5.32. The zero-order valence-electron chi connectivity index (χ0n) is 11.9. The van der Waals surface area contributed by atoms with Crippen molar-refractivity contribution in [2.75, 3.05) is 13.2 Å². The minimum Gasteiger partial charge on any atom is -0.384 e. The van der Waals surface area contributed by atoms with Crippen LogP contribution in [-0.2, 0) is 4.74 Å². The average molecular weight is 291 g/mol. The van der Waals surface area contributed by atoms with E-state index < -0.39 is 11.7 Å². The van der Waals surface area contributed by atoms with Crippen LogP contribution in [0.3, 0.4) is 0 Å². The highest BCUT2D eigenvalue weighted by molar-refractivity contribution is 5.95. The molecule has 1 saturated heterocycles. The summed E-state index contributed by atoms with van der Waals surface area (Å²) in [6.07, 6.45) is 1.85. The number of hydrogen-bond acceptors (Lipinski definition) is 3.